The molecule has 0 saturated heterocycles. The fraction of sp³-hybridized carbons (Fsp3) is 0.333. The molecule has 2 N–H and O–H groups in total. The summed E-state index contributed by atoms with van der Waals surface area (Å²) in [6.07, 6.45) is 5.36. The fourth-order valence-electron chi connectivity index (χ4n) is 2.29. The second-order valence-electron chi connectivity index (χ2n) is 5.35. The Bertz CT molecular complexity index is 633. The summed E-state index contributed by atoms with van der Waals surface area (Å²) in [5.41, 5.74) is 7.27. The molecule has 1 aromatic heterocycles. The third kappa shape index (κ3) is 3.55. The topological polar surface area (TPSA) is 64.1 Å². The highest BCUT2D eigenvalue weighted by atomic mass is 35.5. The van der Waals surface area contributed by atoms with Gasteiger partial charge in [0.2, 0.25) is 5.91 Å². The second-order valence-corrected chi connectivity index (χ2v) is 5.79. The largest absolute Gasteiger partial charge is 0.396 e. The maximum Gasteiger partial charge on any atom is 0.244 e. The quantitative estimate of drug-likeness (QED) is 0.922. The molecule has 0 bridgehead atoms. The van der Waals surface area contributed by atoms with Gasteiger partial charge in [-0.15, -0.1) is 0 Å². The maximum absolute atomic E-state index is 12.5. The van der Waals surface area contributed by atoms with Crippen molar-refractivity contribution in [1.29, 1.82) is 0 Å². The van der Waals surface area contributed by atoms with E-state index >= 15 is 0 Å². The standard InChI is InChI=1S/C15H17ClN4O/c16-12-3-1-11(2-4-12)8-20(14-5-6-14)15(21)10-19-9-13(17)7-18-19/h1-4,7,9,14H,5-6,8,10,17H2. The number of hydrogen-bond donors (Lipinski definition) is 1. The van der Waals surface area contributed by atoms with Gasteiger partial charge in [0.15, 0.2) is 0 Å². The molecular weight excluding hydrogens is 288 g/mol. The molecule has 3 rings (SSSR count). The van der Waals surface area contributed by atoms with Crippen LogP contribution in [0.15, 0.2) is 36.7 Å². The van der Waals surface area contributed by atoms with Gasteiger partial charge in [0.1, 0.15) is 6.54 Å². The molecule has 0 unspecified atom stereocenters. The number of rotatable bonds is 5. The molecule has 110 valence electrons. The van der Waals surface area contributed by atoms with Gasteiger partial charge in [-0.05, 0) is 30.5 Å². The third-order valence-electron chi connectivity index (χ3n) is 3.52. The average Bonchev–Trinajstić information content (AvgIpc) is 3.21. The lowest BCUT2D eigenvalue weighted by molar-refractivity contribution is -0.133. The van der Waals surface area contributed by atoms with Gasteiger partial charge >= 0.3 is 0 Å². The molecule has 0 atom stereocenters. The van der Waals surface area contributed by atoms with Crippen LogP contribution in [-0.2, 0) is 17.9 Å². The smallest absolute Gasteiger partial charge is 0.244 e. The minimum absolute atomic E-state index is 0.0653. The zero-order valence-corrected chi connectivity index (χ0v) is 12.3. The Morgan fingerprint density at radius 1 is 1.38 bits per heavy atom. The first-order valence-electron chi connectivity index (χ1n) is 6.93. The van der Waals surface area contributed by atoms with Crippen LogP contribution >= 0.6 is 11.6 Å². The number of anilines is 1. The lowest BCUT2D eigenvalue weighted by Crippen LogP contribution is -2.35. The monoisotopic (exact) mass is 304 g/mol. The van der Waals surface area contributed by atoms with Crippen LogP contribution in [0.4, 0.5) is 5.69 Å². The van der Waals surface area contributed by atoms with E-state index in [9.17, 15) is 4.79 Å². The summed E-state index contributed by atoms with van der Waals surface area (Å²) in [5, 5.41) is 4.77. The van der Waals surface area contributed by atoms with Crippen LogP contribution in [0.1, 0.15) is 18.4 Å². The molecule has 0 aliphatic heterocycles. The van der Waals surface area contributed by atoms with Crippen molar-refractivity contribution < 1.29 is 4.79 Å². The summed E-state index contributed by atoms with van der Waals surface area (Å²) in [6, 6.07) is 7.95. The Balaban J connectivity index is 1.69. The number of amides is 1. The highest BCUT2D eigenvalue weighted by molar-refractivity contribution is 6.30. The second kappa shape index (κ2) is 5.77. The molecule has 21 heavy (non-hydrogen) atoms. The molecule has 1 fully saturated rings. The first-order valence-corrected chi connectivity index (χ1v) is 7.31. The Labute approximate surface area is 128 Å². The number of carbonyl (C=O) groups is 1. The minimum Gasteiger partial charge on any atom is -0.396 e. The van der Waals surface area contributed by atoms with Gasteiger partial charge < -0.3 is 10.6 Å². The summed E-state index contributed by atoms with van der Waals surface area (Å²) in [4.78, 5) is 14.4. The number of aromatic nitrogens is 2. The van der Waals surface area contributed by atoms with Crippen LogP contribution < -0.4 is 5.73 Å². The number of carbonyl (C=O) groups excluding carboxylic acids is 1. The Hall–Kier alpha value is -2.01. The van der Waals surface area contributed by atoms with Crippen LogP contribution in [0.25, 0.3) is 0 Å². The Morgan fingerprint density at radius 2 is 2.10 bits per heavy atom. The van der Waals surface area contributed by atoms with E-state index in [1.54, 1.807) is 17.1 Å². The molecule has 0 radical (unpaired) electrons. The van der Waals surface area contributed by atoms with E-state index in [0.717, 1.165) is 18.4 Å². The molecule has 1 aliphatic rings. The van der Waals surface area contributed by atoms with Crippen LogP contribution in [0.2, 0.25) is 5.02 Å². The van der Waals surface area contributed by atoms with Gasteiger partial charge in [0.05, 0.1) is 11.9 Å². The van der Waals surface area contributed by atoms with Crippen LogP contribution in [0.5, 0.6) is 0 Å². The first kappa shape index (κ1) is 13.9. The van der Waals surface area contributed by atoms with Crippen molar-refractivity contribution in [2.24, 2.45) is 0 Å². The van der Waals surface area contributed by atoms with Gasteiger partial charge in [-0.3, -0.25) is 9.48 Å². The number of nitrogen functional groups attached to an aromatic ring is 1. The van der Waals surface area contributed by atoms with Crippen LogP contribution in [-0.4, -0.2) is 26.6 Å². The zero-order chi connectivity index (χ0) is 14.8. The van der Waals surface area contributed by atoms with E-state index in [1.807, 2.05) is 29.2 Å². The lowest BCUT2D eigenvalue weighted by Gasteiger charge is -2.22. The van der Waals surface area contributed by atoms with E-state index in [-0.39, 0.29) is 12.5 Å². The van der Waals surface area contributed by atoms with E-state index in [4.69, 9.17) is 17.3 Å². The van der Waals surface area contributed by atoms with Crippen molar-refractivity contribution >= 4 is 23.2 Å². The van der Waals surface area contributed by atoms with Crippen molar-refractivity contribution in [3.05, 3.63) is 47.2 Å². The van der Waals surface area contributed by atoms with Gasteiger partial charge in [-0.2, -0.15) is 5.10 Å². The third-order valence-corrected chi connectivity index (χ3v) is 3.78. The molecule has 5 nitrogen and oxygen atoms in total. The summed E-state index contributed by atoms with van der Waals surface area (Å²) in [5.74, 6) is 0.0653. The normalized spacial score (nSPS) is 14.1. The Kier molecular flexibility index (Phi) is 3.84. The van der Waals surface area contributed by atoms with Crippen molar-refractivity contribution in [3.8, 4) is 0 Å². The van der Waals surface area contributed by atoms with E-state index in [0.29, 0.717) is 23.3 Å². The fourth-order valence-corrected chi connectivity index (χ4v) is 2.42. The van der Waals surface area contributed by atoms with Gasteiger partial charge in [0.25, 0.3) is 0 Å². The lowest BCUT2D eigenvalue weighted by atomic mass is 10.2. The van der Waals surface area contributed by atoms with Crippen molar-refractivity contribution in [2.75, 3.05) is 5.73 Å². The molecule has 1 aliphatic carbocycles. The average molecular weight is 305 g/mol. The van der Waals surface area contributed by atoms with Crippen molar-refractivity contribution in [3.63, 3.8) is 0 Å². The number of nitrogens with zero attached hydrogens (tertiary/aromatic N) is 3. The Morgan fingerprint density at radius 3 is 2.67 bits per heavy atom. The maximum atomic E-state index is 12.5. The number of halogens is 1. The molecule has 0 spiro atoms. The van der Waals surface area contributed by atoms with Crippen LogP contribution in [0, 0.1) is 0 Å². The van der Waals surface area contributed by atoms with E-state index < -0.39 is 0 Å². The van der Waals surface area contributed by atoms with Crippen LogP contribution in [0.3, 0.4) is 0 Å². The first-order chi connectivity index (χ1) is 10.1. The summed E-state index contributed by atoms with van der Waals surface area (Å²) < 4.78 is 1.58. The van der Waals surface area contributed by atoms with Crippen molar-refractivity contribution in [2.45, 2.75) is 32.0 Å². The molecule has 2 aromatic rings. The molecule has 1 amide bonds. The molecule has 1 aromatic carbocycles. The van der Waals surface area contributed by atoms with Gasteiger partial charge in [0, 0.05) is 23.8 Å². The minimum atomic E-state index is 0.0653. The van der Waals surface area contributed by atoms with Gasteiger partial charge in [-0.1, -0.05) is 23.7 Å². The zero-order valence-electron chi connectivity index (χ0n) is 11.6. The molecule has 1 saturated carbocycles. The summed E-state index contributed by atoms with van der Waals surface area (Å²) in [7, 11) is 0. The molecular formula is C15H17ClN4O. The number of benzene rings is 1. The highest BCUT2D eigenvalue weighted by Crippen LogP contribution is 2.29. The van der Waals surface area contributed by atoms with Crippen molar-refractivity contribution in [1.82, 2.24) is 14.7 Å². The summed E-state index contributed by atoms with van der Waals surface area (Å²) in [6.45, 7) is 0.832. The number of nitrogens with two attached hydrogens (primary N) is 1. The molecule has 1 heterocycles. The highest BCUT2D eigenvalue weighted by Gasteiger charge is 2.32. The van der Waals surface area contributed by atoms with Gasteiger partial charge in [-0.25, -0.2) is 0 Å². The summed E-state index contributed by atoms with van der Waals surface area (Å²) >= 11 is 5.89. The molecule has 6 heteroatoms. The predicted octanol–water partition coefficient (Wildman–Crippen LogP) is 2.31. The number of hydrogen-bond acceptors (Lipinski definition) is 3. The van der Waals surface area contributed by atoms with E-state index in [1.165, 1.54) is 0 Å². The predicted molar refractivity (Wildman–Crippen MR) is 81.7 cm³/mol. The van der Waals surface area contributed by atoms with E-state index in [2.05, 4.69) is 5.10 Å². The SMILES string of the molecule is Nc1cnn(CC(=O)N(Cc2ccc(Cl)cc2)C2CC2)c1.